The zero-order valence-electron chi connectivity index (χ0n) is 11.9. The van der Waals surface area contributed by atoms with Gasteiger partial charge in [0, 0.05) is 13.1 Å². The number of hydrogen-bond donors (Lipinski definition) is 0. The summed E-state index contributed by atoms with van der Waals surface area (Å²) in [6.45, 7) is 8.00. The van der Waals surface area contributed by atoms with Crippen LogP contribution in [-0.2, 0) is 16.0 Å². The van der Waals surface area contributed by atoms with Crippen LogP contribution in [0.25, 0.3) is 0 Å². The first-order valence-electron chi connectivity index (χ1n) is 6.93. The Morgan fingerprint density at radius 1 is 1.40 bits per heavy atom. The number of carbonyl (C=O) groups is 1. The number of nitrogens with zero attached hydrogens (tertiary/aromatic N) is 1. The SMILES string of the molecule is C=CCc1ccc(OC(C)C(=O)N2CCOCC2)cc1. The zero-order chi connectivity index (χ0) is 14.4. The maximum atomic E-state index is 12.2. The molecule has 1 aromatic rings. The highest BCUT2D eigenvalue weighted by Gasteiger charge is 2.23. The average Bonchev–Trinajstić information content (AvgIpc) is 2.49. The fraction of sp³-hybridized carbons (Fsp3) is 0.438. The van der Waals surface area contributed by atoms with E-state index in [4.69, 9.17) is 9.47 Å². The van der Waals surface area contributed by atoms with Crippen molar-refractivity contribution in [1.82, 2.24) is 4.90 Å². The number of rotatable bonds is 5. The summed E-state index contributed by atoms with van der Waals surface area (Å²) in [5.41, 5.74) is 1.18. The Hall–Kier alpha value is -1.81. The van der Waals surface area contributed by atoms with Crippen molar-refractivity contribution in [2.45, 2.75) is 19.4 Å². The van der Waals surface area contributed by atoms with Crippen LogP contribution in [0.2, 0.25) is 0 Å². The Labute approximate surface area is 120 Å². The molecule has 0 spiro atoms. The Bertz CT molecular complexity index is 449. The molecule has 0 aliphatic carbocycles. The van der Waals surface area contributed by atoms with Gasteiger partial charge in [-0.25, -0.2) is 0 Å². The quantitative estimate of drug-likeness (QED) is 0.772. The normalized spacial score (nSPS) is 16.6. The van der Waals surface area contributed by atoms with E-state index < -0.39 is 6.10 Å². The van der Waals surface area contributed by atoms with Gasteiger partial charge in [0.1, 0.15) is 5.75 Å². The topological polar surface area (TPSA) is 38.8 Å². The molecule has 2 rings (SSSR count). The second-order valence-corrected chi connectivity index (χ2v) is 4.83. The summed E-state index contributed by atoms with van der Waals surface area (Å²) < 4.78 is 10.9. The van der Waals surface area contributed by atoms with Gasteiger partial charge in [0.25, 0.3) is 5.91 Å². The van der Waals surface area contributed by atoms with Gasteiger partial charge in [0.05, 0.1) is 13.2 Å². The highest BCUT2D eigenvalue weighted by molar-refractivity contribution is 5.81. The third kappa shape index (κ3) is 3.84. The molecule has 1 atom stereocenters. The van der Waals surface area contributed by atoms with Crippen molar-refractivity contribution in [3.8, 4) is 5.75 Å². The minimum Gasteiger partial charge on any atom is -0.481 e. The summed E-state index contributed by atoms with van der Waals surface area (Å²) in [7, 11) is 0. The van der Waals surface area contributed by atoms with E-state index in [-0.39, 0.29) is 5.91 Å². The van der Waals surface area contributed by atoms with Crippen molar-refractivity contribution >= 4 is 5.91 Å². The molecule has 108 valence electrons. The van der Waals surface area contributed by atoms with Crippen LogP contribution >= 0.6 is 0 Å². The summed E-state index contributed by atoms with van der Waals surface area (Å²) in [5, 5.41) is 0. The van der Waals surface area contributed by atoms with Crippen LogP contribution in [-0.4, -0.2) is 43.2 Å². The Balaban J connectivity index is 1.90. The molecule has 0 N–H and O–H groups in total. The number of allylic oxidation sites excluding steroid dienone is 1. The van der Waals surface area contributed by atoms with Gasteiger partial charge in [0.15, 0.2) is 6.10 Å². The third-order valence-electron chi connectivity index (χ3n) is 3.29. The fourth-order valence-electron chi connectivity index (χ4n) is 2.17. The number of amides is 1. The molecule has 1 aliphatic heterocycles. The van der Waals surface area contributed by atoms with Crippen LogP contribution in [0.5, 0.6) is 5.75 Å². The molecule has 1 aromatic carbocycles. The summed E-state index contributed by atoms with van der Waals surface area (Å²) in [6.07, 6.45) is 2.22. The van der Waals surface area contributed by atoms with Crippen LogP contribution < -0.4 is 4.74 Å². The molecule has 4 nitrogen and oxygen atoms in total. The standard InChI is InChI=1S/C16H21NO3/c1-3-4-14-5-7-15(8-6-14)20-13(2)16(18)17-9-11-19-12-10-17/h3,5-8,13H,1,4,9-12H2,2H3. The number of ether oxygens (including phenoxy) is 2. The smallest absolute Gasteiger partial charge is 0.263 e. The van der Waals surface area contributed by atoms with E-state index in [2.05, 4.69) is 6.58 Å². The van der Waals surface area contributed by atoms with Crippen LogP contribution in [0, 0.1) is 0 Å². The lowest BCUT2D eigenvalue weighted by atomic mass is 10.1. The Morgan fingerprint density at radius 2 is 2.05 bits per heavy atom. The molecular formula is C16H21NO3. The van der Waals surface area contributed by atoms with E-state index in [1.807, 2.05) is 30.3 Å². The number of morpholine rings is 1. The largest absolute Gasteiger partial charge is 0.481 e. The van der Waals surface area contributed by atoms with E-state index in [9.17, 15) is 4.79 Å². The minimum atomic E-state index is -0.474. The molecule has 0 saturated carbocycles. The van der Waals surface area contributed by atoms with Gasteiger partial charge < -0.3 is 14.4 Å². The Kier molecular flexibility index (Phi) is 5.18. The molecule has 4 heteroatoms. The van der Waals surface area contributed by atoms with Crippen molar-refractivity contribution in [3.05, 3.63) is 42.5 Å². The van der Waals surface area contributed by atoms with Gasteiger partial charge in [-0.1, -0.05) is 18.2 Å². The molecule has 1 saturated heterocycles. The highest BCUT2D eigenvalue weighted by Crippen LogP contribution is 2.15. The van der Waals surface area contributed by atoms with E-state index in [1.165, 1.54) is 5.56 Å². The van der Waals surface area contributed by atoms with Crippen molar-refractivity contribution < 1.29 is 14.3 Å². The maximum Gasteiger partial charge on any atom is 0.263 e. The predicted octanol–water partition coefficient (Wildman–Crippen LogP) is 2.04. The van der Waals surface area contributed by atoms with Gasteiger partial charge in [-0.05, 0) is 31.0 Å². The van der Waals surface area contributed by atoms with E-state index in [0.29, 0.717) is 32.1 Å². The average molecular weight is 275 g/mol. The van der Waals surface area contributed by atoms with E-state index >= 15 is 0 Å². The second kappa shape index (κ2) is 7.10. The monoisotopic (exact) mass is 275 g/mol. The van der Waals surface area contributed by atoms with Crippen LogP contribution in [0.3, 0.4) is 0 Å². The lowest BCUT2D eigenvalue weighted by Crippen LogP contribution is -2.46. The molecule has 20 heavy (non-hydrogen) atoms. The van der Waals surface area contributed by atoms with Crippen molar-refractivity contribution in [3.63, 3.8) is 0 Å². The fourth-order valence-corrected chi connectivity index (χ4v) is 2.17. The van der Waals surface area contributed by atoms with Gasteiger partial charge in [0.2, 0.25) is 0 Å². The number of hydrogen-bond acceptors (Lipinski definition) is 3. The summed E-state index contributed by atoms with van der Waals surface area (Å²) >= 11 is 0. The van der Waals surface area contributed by atoms with Crippen LogP contribution in [0.1, 0.15) is 12.5 Å². The first kappa shape index (κ1) is 14.6. The van der Waals surface area contributed by atoms with Crippen molar-refractivity contribution in [2.24, 2.45) is 0 Å². The first-order chi connectivity index (χ1) is 9.70. The van der Waals surface area contributed by atoms with Crippen LogP contribution in [0.15, 0.2) is 36.9 Å². The minimum absolute atomic E-state index is 0.0171. The lowest BCUT2D eigenvalue weighted by molar-refractivity contribution is -0.142. The summed E-state index contributed by atoms with van der Waals surface area (Å²) in [4.78, 5) is 14.0. The highest BCUT2D eigenvalue weighted by atomic mass is 16.5. The first-order valence-corrected chi connectivity index (χ1v) is 6.93. The molecule has 1 unspecified atom stereocenters. The molecule has 1 heterocycles. The number of carbonyl (C=O) groups excluding carboxylic acids is 1. The molecule has 1 fully saturated rings. The maximum absolute atomic E-state index is 12.2. The molecule has 0 radical (unpaired) electrons. The van der Waals surface area contributed by atoms with Gasteiger partial charge in [-0.2, -0.15) is 0 Å². The third-order valence-corrected chi connectivity index (χ3v) is 3.29. The molecule has 0 bridgehead atoms. The van der Waals surface area contributed by atoms with Gasteiger partial charge >= 0.3 is 0 Å². The van der Waals surface area contributed by atoms with Crippen molar-refractivity contribution in [2.75, 3.05) is 26.3 Å². The van der Waals surface area contributed by atoms with Gasteiger partial charge in [-0.15, -0.1) is 6.58 Å². The van der Waals surface area contributed by atoms with Crippen molar-refractivity contribution in [1.29, 1.82) is 0 Å². The molecular weight excluding hydrogens is 254 g/mol. The number of benzene rings is 1. The Morgan fingerprint density at radius 3 is 2.65 bits per heavy atom. The summed E-state index contributed by atoms with van der Waals surface area (Å²) in [5.74, 6) is 0.732. The van der Waals surface area contributed by atoms with E-state index in [0.717, 1.165) is 6.42 Å². The predicted molar refractivity (Wildman–Crippen MR) is 77.8 cm³/mol. The zero-order valence-corrected chi connectivity index (χ0v) is 11.9. The lowest BCUT2D eigenvalue weighted by Gasteiger charge is -2.29. The van der Waals surface area contributed by atoms with Gasteiger partial charge in [-0.3, -0.25) is 4.79 Å². The second-order valence-electron chi connectivity index (χ2n) is 4.83. The molecule has 0 aromatic heterocycles. The summed E-state index contributed by atoms with van der Waals surface area (Å²) in [6, 6.07) is 7.76. The van der Waals surface area contributed by atoms with E-state index in [1.54, 1.807) is 11.8 Å². The molecule has 1 aliphatic rings. The molecule has 1 amide bonds. The van der Waals surface area contributed by atoms with Crippen LogP contribution in [0.4, 0.5) is 0 Å².